The van der Waals surface area contributed by atoms with Gasteiger partial charge in [0, 0.05) is 49.7 Å². The van der Waals surface area contributed by atoms with Crippen molar-refractivity contribution in [2.24, 2.45) is 5.92 Å². The number of hydrogen-bond donors (Lipinski definition) is 0. The number of fused-ring (bicyclic) bond motifs is 1. The van der Waals surface area contributed by atoms with Gasteiger partial charge in [0.15, 0.2) is 5.65 Å². The highest BCUT2D eigenvalue weighted by molar-refractivity contribution is 5.35. The highest BCUT2D eigenvalue weighted by atomic mass is 16.5. The molecule has 2 aromatic heterocycles. The molecule has 0 amide bonds. The van der Waals surface area contributed by atoms with Crippen LogP contribution in [-0.2, 0) is 17.7 Å². The first kappa shape index (κ1) is 19.5. The Kier molecular flexibility index (Phi) is 5.95. The molecule has 5 rings (SSSR count). The van der Waals surface area contributed by atoms with Gasteiger partial charge < -0.3 is 13.9 Å². The van der Waals surface area contributed by atoms with Crippen LogP contribution in [0, 0.1) is 5.92 Å². The lowest BCUT2D eigenvalue weighted by Crippen LogP contribution is -2.31. The molecule has 6 heteroatoms. The normalized spacial score (nSPS) is 21.1. The molecule has 1 unspecified atom stereocenters. The highest BCUT2D eigenvalue weighted by Gasteiger charge is 2.22. The van der Waals surface area contributed by atoms with Crippen molar-refractivity contribution in [3.63, 3.8) is 0 Å². The summed E-state index contributed by atoms with van der Waals surface area (Å²) in [5.74, 6) is 1.47. The van der Waals surface area contributed by atoms with Gasteiger partial charge in [0.25, 0.3) is 0 Å². The Hall–Kier alpha value is -2.44. The summed E-state index contributed by atoms with van der Waals surface area (Å²) in [6.45, 7) is 4.40. The Bertz CT molecular complexity index is 967. The summed E-state index contributed by atoms with van der Waals surface area (Å²) in [5.41, 5.74) is 3.25. The van der Waals surface area contributed by atoms with Crippen LogP contribution in [0.5, 0.6) is 5.75 Å². The van der Waals surface area contributed by atoms with Crippen molar-refractivity contribution in [2.75, 3.05) is 26.3 Å². The molecule has 0 radical (unpaired) electrons. The van der Waals surface area contributed by atoms with E-state index in [2.05, 4.69) is 45.3 Å². The fourth-order valence-electron chi connectivity index (χ4n) is 4.67. The van der Waals surface area contributed by atoms with Gasteiger partial charge in [0.2, 0.25) is 0 Å². The Morgan fingerprint density at radius 2 is 2.03 bits per heavy atom. The van der Waals surface area contributed by atoms with E-state index in [1.807, 2.05) is 23.0 Å². The van der Waals surface area contributed by atoms with E-state index < -0.39 is 0 Å². The molecule has 6 nitrogen and oxygen atoms in total. The topological polar surface area (TPSA) is 51.9 Å². The minimum atomic E-state index is 0.385. The molecule has 0 bridgehead atoms. The molecule has 1 atom stereocenters. The van der Waals surface area contributed by atoms with E-state index >= 15 is 0 Å². The summed E-state index contributed by atoms with van der Waals surface area (Å²) >= 11 is 0. The van der Waals surface area contributed by atoms with Gasteiger partial charge in [-0.1, -0.05) is 18.2 Å². The van der Waals surface area contributed by atoms with Gasteiger partial charge in [-0.25, -0.2) is 4.98 Å². The van der Waals surface area contributed by atoms with Crippen LogP contribution in [0.4, 0.5) is 0 Å². The predicted octanol–water partition coefficient (Wildman–Crippen LogP) is 3.74. The Labute approximate surface area is 177 Å². The smallest absolute Gasteiger partial charge is 0.155 e. The van der Waals surface area contributed by atoms with Gasteiger partial charge in [-0.3, -0.25) is 9.88 Å². The Morgan fingerprint density at radius 3 is 2.97 bits per heavy atom. The lowest BCUT2D eigenvalue weighted by atomic mass is 10.0. The first-order valence-electron chi connectivity index (χ1n) is 11.2. The van der Waals surface area contributed by atoms with Crippen molar-refractivity contribution < 1.29 is 9.47 Å². The van der Waals surface area contributed by atoms with E-state index in [0.29, 0.717) is 12.0 Å². The number of rotatable bonds is 6. The molecular formula is C24H30N4O2. The van der Waals surface area contributed by atoms with Gasteiger partial charge in [-0.2, -0.15) is 0 Å². The number of imidazole rings is 1. The summed E-state index contributed by atoms with van der Waals surface area (Å²) in [6.07, 6.45) is 13.9. The number of hydrogen-bond acceptors (Lipinski definition) is 5. The van der Waals surface area contributed by atoms with Crippen molar-refractivity contribution in [1.82, 2.24) is 19.3 Å². The average Bonchev–Trinajstić information content (AvgIpc) is 3.39. The van der Waals surface area contributed by atoms with E-state index in [-0.39, 0.29) is 0 Å². The third kappa shape index (κ3) is 4.65. The van der Waals surface area contributed by atoms with Crippen molar-refractivity contribution in [3.8, 4) is 5.75 Å². The zero-order valence-electron chi connectivity index (χ0n) is 17.4. The summed E-state index contributed by atoms with van der Waals surface area (Å²) < 4.78 is 14.3. The molecule has 0 spiro atoms. The fraction of sp³-hybridized carbons (Fsp3) is 0.500. The zero-order valence-corrected chi connectivity index (χ0v) is 17.4. The number of para-hydroxylation sites is 1. The van der Waals surface area contributed by atoms with Crippen molar-refractivity contribution in [2.45, 2.75) is 44.8 Å². The molecule has 2 fully saturated rings. The van der Waals surface area contributed by atoms with E-state index in [4.69, 9.17) is 9.47 Å². The molecule has 158 valence electrons. The lowest BCUT2D eigenvalue weighted by Gasteiger charge is -2.25. The summed E-state index contributed by atoms with van der Waals surface area (Å²) in [6, 6.07) is 8.54. The standard InChI is InChI=1S/C24H30N4O2/c1-4-8-23(30-22-6-2-3-7-22)20(5-1)16-27-11-12-29-18-19(15-27)13-21-17-28-10-9-25-24(28)14-26-21/h1,4-5,8-10,14,17,19,22H,2-3,6-7,11-13,15-16,18H2. The van der Waals surface area contributed by atoms with E-state index in [0.717, 1.165) is 56.4 Å². The van der Waals surface area contributed by atoms with Crippen LogP contribution in [0.3, 0.4) is 0 Å². The monoisotopic (exact) mass is 406 g/mol. The molecule has 2 aliphatic rings. The predicted molar refractivity (Wildman–Crippen MR) is 116 cm³/mol. The first-order chi connectivity index (χ1) is 14.8. The minimum Gasteiger partial charge on any atom is -0.490 e. The molecule has 0 N–H and O–H groups in total. The van der Waals surface area contributed by atoms with Crippen LogP contribution in [0.2, 0.25) is 0 Å². The largest absolute Gasteiger partial charge is 0.490 e. The third-order valence-corrected chi connectivity index (χ3v) is 6.21. The molecule has 1 aliphatic heterocycles. The average molecular weight is 407 g/mol. The molecular weight excluding hydrogens is 376 g/mol. The molecule has 3 aromatic rings. The van der Waals surface area contributed by atoms with Crippen LogP contribution in [0.25, 0.3) is 5.65 Å². The van der Waals surface area contributed by atoms with Gasteiger partial charge in [-0.15, -0.1) is 0 Å². The number of nitrogens with zero attached hydrogens (tertiary/aromatic N) is 4. The van der Waals surface area contributed by atoms with Gasteiger partial charge >= 0.3 is 0 Å². The van der Waals surface area contributed by atoms with E-state index in [9.17, 15) is 0 Å². The van der Waals surface area contributed by atoms with Crippen molar-refractivity contribution in [1.29, 1.82) is 0 Å². The van der Waals surface area contributed by atoms with Crippen LogP contribution >= 0.6 is 0 Å². The summed E-state index contributed by atoms with van der Waals surface area (Å²) in [4.78, 5) is 11.4. The molecule has 3 heterocycles. The molecule has 30 heavy (non-hydrogen) atoms. The minimum absolute atomic E-state index is 0.385. The lowest BCUT2D eigenvalue weighted by molar-refractivity contribution is 0.121. The van der Waals surface area contributed by atoms with Crippen LogP contribution in [0.1, 0.15) is 36.9 Å². The van der Waals surface area contributed by atoms with Crippen molar-refractivity contribution in [3.05, 3.63) is 60.3 Å². The first-order valence-corrected chi connectivity index (χ1v) is 11.2. The van der Waals surface area contributed by atoms with Gasteiger partial charge in [0.1, 0.15) is 5.75 Å². The molecule has 1 saturated carbocycles. The zero-order chi connectivity index (χ0) is 20.2. The Morgan fingerprint density at radius 1 is 1.13 bits per heavy atom. The second-order valence-corrected chi connectivity index (χ2v) is 8.58. The van der Waals surface area contributed by atoms with E-state index in [1.165, 1.54) is 31.2 Å². The SMILES string of the molecule is c1ccc(OC2CCCC2)c(CN2CCOCC(Cc3cn4ccnc4cn3)C2)c1. The molecule has 1 saturated heterocycles. The fourth-order valence-corrected chi connectivity index (χ4v) is 4.67. The number of ether oxygens (including phenoxy) is 2. The van der Waals surface area contributed by atoms with Crippen LogP contribution in [-0.4, -0.2) is 51.7 Å². The number of benzene rings is 1. The second kappa shape index (κ2) is 9.14. The molecule has 1 aliphatic carbocycles. The van der Waals surface area contributed by atoms with Crippen LogP contribution in [0.15, 0.2) is 49.1 Å². The number of aromatic nitrogens is 3. The second-order valence-electron chi connectivity index (χ2n) is 8.58. The third-order valence-electron chi connectivity index (χ3n) is 6.21. The molecule has 1 aromatic carbocycles. The highest BCUT2D eigenvalue weighted by Crippen LogP contribution is 2.28. The summed E-state index contributed by atoms with van der Waals surface area (Å²) in [7, 11) is 0. The maximum absolute atomic E-state index is 6.36. The van der Waals surface area contributed by atoms with Crippen LogP contribution < -0.4 is 4.74 Å². The van der Waals surface area contributed by atoms with E-state index in [1.54, 1.807) is 0 Å². The maximum atomic E-state index is 6.36. The maximum Gasteiger partial charge on any atom is 0.155 e. The van der Waals surface area contributed by atoms with Gasteiger partial charge in [0.05, 0.1) is 31.2 Å². The Balaban J connectivity index is 1.25. The van der Waals surface area contributed by atoms with Gasteiger partial charge in [-0.05, 0) is 38.2 Å². The van der Waals surface area contributed by atoms with Crippen molar-refractivity contribution >= 4 is 5.65 Å². The quantitative estimate of drug-likeness (QED) is 0.624. The summed E-state index contributed by atoms with van der Waals surface area (Å²) in [5, 5.41) is 0.